The highest BCUT2D eigenvalue weighted by atomic mass is 16.3. The van der Waals surface area contributed by atoms with Gasteiger partial charge in [-0.25, -0.2) is 0 Å². The van der Waals surface area contributed by atoms with E-state index in [4.69, 9.17) is 5.11 Å². The van der Waals surface area contributed by atoms with Gasteiger partial charge in [-0.05, 0) is 32.6 Å². The molecule has 1 aromatic heterocycles. The largest absolute Gasteiger partial charge is 0.390 e. The summed E-state index contributed by atoms with van der Waals surface area (Å²) in [5.41, 5.74) is 1.91. The van der Waals surface area contributed by atoms with Crippen molar-refractivity contribution in [3.8, 4) is 0 Å². The lowest BCUT2D eigenvalue weighted by Crippen LogP contribution is -2.31. The lowest BCUT2D eigenvalue weighted by Gasteiger charge is -2.21. The van der Waals surface area contributed by atoms with Crippen LogP contribution in [0.2, 0.25) is 0 Å². The molecule has 2 rings (SSSR count). The van der Waals surface area contributed by atoms with Crippen molar-refractivity contribution in [3.63, 3.8) is 0 Å². The Morgan fingerprint density at radius 3 is 3.00 bits per heavy atom. The molecule has 1 aliphatic heterocycles. The third-order valence-electron chi connectivity index (χ3n) is 3.22. The fourth-order valence-electron chi connectivity index (χ4n) is 2.15. The molecule has 4 heteroatoms. The smallest absolute Gasteiger partial charge is 0.0853 e. The average molecular weight is 221 g/mol. The van der Waals surface area contributed by atoms with Crippen molar-refractivity contribution in [2.24, 2.45) is 0 Å². The van der Waals surface area contributed by atoms with E-state index in [2.05, 4.69) is 28.9 Å². The summed E-state index contributed by atoms with van der Waals surface area (Å²) in [6, 6.07) is 4.61. The number of anilines is 1. The number of hydrogen-bond acceptors (Lipinski definition) is 4. The normalized spacial score (nSPS) is 20.8. The molecule has 2 heterocycles. The van der Waals surface area contributed by atoms with Gasteiger partial charge in [-0.1, -0.05) is 0 Å². The third kappa shape index (κ3) is 2.33. The minimum Gasteiger partial charge on any atom is -0.390 e. The van der Waals surface area contributed by atoms with Crippen molar-refractivity contribution < 1.29 is 5.11 Å². The van der Waals surface area contributed by atoms with Crippen LogP contribution in [-0.4, -0.2) is 48.2 Å². The standard InChI is InChI=1S/C12H19N3O/c1-14(2)12-4-6-15(8-12)11-3-5-13-10(7-11)9-16/h3,5,7,12,16H,4,6,8-9H2,1-2H3. The molecule has 1 atom stereocenters. The zero-order valence-electron chi connectivity index (χ0n) is 9.93. The molecule has 16 heavy (non-hydrogen) atoms. The Kier molecular flexibility index (Phi) is 3.41. The van der Waals surface area contributed by atoms with Gasteiger partial charge in [0.1, 0.15) is 0 Å². The van der Waals surface area contributed by atoms with E-state index in [1.54, 1.807) is 6.20 Å². The molecule has 4 nitrogen and oxygen atoms in total. The lowest BCUT2D eigenvalue weighted by atomic mass is 10.2. The number of likely N-dealkylation sites (N-methyl/N-ethyl adjacent to an activating group) is 1. The Morgan fingerprint density at radius 1 is 1.56 bits per heavy atom. The molecule has 0 saturated carbocycles. The van der Waals surface area contributed by atoms with Crippen LogP contribution in [-0.2, 0) is 6.61 Å². The Balaban J connectivity index is 2.08. The second-order valence-electron chi connectivity index (χ2n) is 4.52. The first-order valence-electron chi connectivity index (χ1n) is 5.68. The van der Waals surface area contributed by atoms with Gasteiger partial charge in [-0.3, -0.25) is 4.98 Å². The summed E-state index contributed by atoms with van der Waals surface area (Å²) in [7, 11) is 4.25. The maximum absolute atomic E-state index is 9.06. The van der Waals surface area contributed by atoms with E-state index in [1.165, 1.54) is 12.1 Å². The minimum absolute atomic E-state index is 0.0127. The first-order chi connectivity index (χ1) is 7.70. The highest BCUT2D eigenvalue weighted by Crippen LogP contribution is 2.22. The van der Waals surface area contributed by atoms with Gasteiger partial charge in [0, 0.05) is 31.0 Å². The molecule has 0 spiro atoms. The van der Waals surface area contributed by atoms with Gasteiger partial charge in [-0.15, -0.1) is 0 Å². The Bertz CT molecular complexity index is 354. The molecule has 1 N–H and O–H groups in total. The topological polar surface area (TPSA) is 39.6 Å². The number of aliphatic hydroxyl groups excluding tert-OH is 1. The lowest BCUT2D eigenvalue weighted by molar-refractivity contribution is 0.277. The summed E-state index contributed by atoms with van der Waals surface area (Å²) in [5, 5.41) is 9.06. The highest BCUT2D eigenvalue weighted by Gasteiger charge is 2.24. The molecule has 88 valence electrons. The number of rotatable bonds is 3. The molecular weight excluding hydrogens is 202 g/mol. The Hall–Kier alpha value is -1.13. The first kappa shape index (κ1) is 11.4. The number of aromatic nitrogens is 1. The quantitative estimate of drug-likeness (QED) is 0.816. The van der Waals surface area contributed by atoms with E-state index in [0.29, 0.717) is 6.04 Å². The van der Waals surface area contributed by atoms with Crippen LogP contribution in [0.25, 0.3) is 0 Å². The molecule has 0 aromatic carbocycles. The van der Waals surface area contributed by atoms with Crippen molar-refractivity contribution in [3.05, 3.63) is 24.0 Å². The van der Waals surface area contributed by atoms with Crippen LogP contribution < -0.4 is 4.90 Å². The van der Waals surface area contributed by atoms with Crippen LogP contribution in [0.1, 0.15) is 12.1 Å². The second kappa shape index (κ2) is 4.80. The van der Waals surface area contributed by atoms with Gasteiger partial charge in [0.15, 0.2) is 0 Å². The van der Waals surface area contributed by atoms with Gasteiger partial charge in [0.05, 0.1) is 12.3 Å². The molecule has 0 amide bonds. The zero-order valence-corrected chi connectivity index (χ0v) is 9.93. The van der Waals surface area contributed by atoms with Crippen molar-refractivity contribution in [1.29, 1.82) is 0 Å². The van der Waals surface area contributed by atoms with E-state index in [1.807, 2.05) is 12.1 Å². The summed E-state index contributed by atoms with van der Waals surface area (Å²) in [5.74, 6) is 0. The number of nitrogens with zero attached hydrogens (tertiary/aromatic N) is 3. The monoisotopic (exact) mass is 221 g/mol. The minimum atomic E-state index is 0.0127. The summed E-state index contributed by atoms with van der Waals surface area (Å²) in [6.07, 6.45) is 2.97. The molecule has 0 bridgehead atoms. The van der Waals surface area contributed by atoms with Gasteiger partial charge in [0.2, 0.25) is 0 Å². The molecule has 1 unspecified atom stereocenters. The van der Waals surface area contributed by atoms with E-state index in [0.717, 1.165) is 18.8 Å². The zero-order chi connectivity index (χ0) is 11.5. The molecule has 1 aliphatic rings. The van der Waals surface area contributed by atoms with Crippen LogP contribution in [0.3, 0.4) is 0 Å². The fourth-order valence-corrected chi connectivity index (χ4v) is 2.15. The maximum Gasteiger partial charge on any atom is 0.0853 e. The van der Waals surface area contributed by atoms with E-state index >= 15 is 0 Å². The Morgan fingerprint density at radius 2 is 2.38 bits per heavy atom. The molecule has 0 radical (unpaired) electrons. The van der Waals surface area contributed by atoms with Gasteiger partial charge in [0.25, 0.3) is 0 Å². The predicted octanol–water partition coefficient (Wildman–Crippen LogP) is 0.714. The van der Waals surface area contributed by atoms with E-state index in [-0.39, 0.29) is 6.61 Å². The van der Waals surface area contributed by atoms with Gasteiger partial charge >= 0.3 is 0 Å². The second-order valence-corrected chi connectivity index (χ2v) is 4.52. The average Bonchev–Trinajstić information content (AvgIpc) is 2.78. The van der Waals surface area contributed by atoms with E-state index in [9.17, 15) is 0 Å². The van der Waals surface area contributed by atoms with Crippen LogP contribution >= 0.6 is 0 Å². The SMILES string of the molecule is CN(C)C1CCN(c2ccnc(CO)c2)C1. The third-order valence-corrected chi connectivity index (χ3v) is 3.22. The summed E-state index contributed by atoms with van der Waals surface area (Å²) in [4.78, 5) is 8.72. The van der Waals surface area contributed by atoms with Crippen molar-refractivity contribution in [2.75, 3.05) is 32.1 Å². The van der Waals surface area contributed by atoms with Gasteiger partial charge in [-0.2, -0.15) is 0 Å². The van der Waals surface area contributed by atoms with Crippen LogP contribution in [0.15, 0.2) is 18.3 Å². The summed E-state index contributed by atoms with van der Waals surface area (Å²) < 4.78 is 0. The maximum atomic E-state index is 9.06. The van der Waals surface area contributed by atoms with E-state index < -0.39 is 0 Å². The fraction of sp³-hybridized carbons (Fsp3) is 0.583. The van der Waals surface area contributed by atoms with Crippen LogP contribution in [0, 0.1) is 0 Å². The predicted molar refractivity (Wildman–Crippen MR) is 64.5 cm³/mol. The molecule has 1 aromatic rings. The summed E-state index contributed by atoms with van der Waals surface area (Å²) in [6.45, 7) is 2.15. The van der Waals surface area contributed by atoms with Crippen molar-refractivity contribution in [1.82, 2.24) is 9.88 Å². The molecular formula is C12H19N3O. The van der Waals surface area contributed by atoms with Crippen molar-refractivity contribution >= 4 is 5.69 Å². The first-order valence-corrected chi connectivity index (χ1v) is 5.68. The molecule has 0 aliphatic carbocycles. The highest BCUT2D eigenvalue weighted by molar-refractivity contribution is 5.47. The van der Waals surface area contributed by atoms with Crippen LogP contribution in [0.4, 0.5) is 5.69 Å². The molecule has 1 fully saturated rings. The number of aliphatic hydroxyl groups is 1. The van der Waals surface area contributed by atoms with Crippen LogP contribution in [0.5, 0.6) is 0 Å². The number of pyridine rings is 1. The molecule has 1 saturated heterocycles. The Labute approximate surface area is 96.5 Å². The summed E-state index contributed by atoms with van der Waals surface area (Å²) >= 11 is 0. The number of hydrogen-bond donors (Lipinski definition) is 1. The van der Waals surface area contributed by atoms with Crippen molar-refractivity contribution in [2.45, 2.75) is 19.1 Å². The van der Waals surface area contributed by atoms with Gasteiger partial charge < -0.3 is 14.9 Å².